The Morgan fingerprint density at radius 1 is 1.29 bits per heavy atom. The van der Waals surface area contributed by atoms with Crippen molar-refractivity contribution in [2.24, 2.45) is 0 Å². The minimum Gasteiger partial charge on any atom is -0.376 e. The van der Waals surface area contributed by atoms with Crippen molar-refractivity contribution in [2.45, 2.75) is 38.6 Å². The van der Waals surface area contributed by atoms with Crippen LogP contribution in [-0.4, -0.2) is 28.4 Å². The smallest absolute Gasteiger partial charge is 0.256 e. The lowest BCUT2D eigenvalue weighted by molar-refractivity contribution is 0.0951. The van der Waals surface area contributed by atoms with E-state index in [9.17, 15) is 4.79 Å². The molecular formula is C21H21ClN4O2. The van der Waals surface area contributed by atoms with Gasteiger partial charge in [-0.3, -0.25) is 9.48 Å². The number of nitrogens with zero attached hydrogens (tertiary/aromatic N) is 2. The van der Waals surface area contributed by atoms with E-state index < -0.39 is 0 Å². The van der Waals surface area contributed by atoms with Gasteiger partial charge < -0.3 is 15.4 Å². The van der Waals surface area contributed by atoms with Gasteiger partial charge in [0.1, 0.15) is 0 Å². The van der Waals surface area contributed by atoms with Crippen LogP contribution >= 0.6 is 11.6 Å². The molecule has 2 aliphatic heterocycles. The van der Waals surface area contributed by atoms with Crippen molar-refractivity contribution < 1.29 is 9.53 Å². The number of hydrogen-bond acceptors (Lipinski definition) is 4. The molecule has 1 atom stereocenters. The molecule has 1 fully saturated rings. The molecule has 28 heavy (non-hydrogen) atoms. The van der Waals surface area contributed by atoms with Crippen LogP contribution in [0.4, 0.5) is 5.69 Å². The topological polar surface area (TPSA) is 68.2 Å². The summed E-state index contributed by atoms with van der Waals surface area (Å²) in [5.74, 6) is -0.185. The number of anilines is 1. The number of aromatic nitrogens is 2. The van der Waals surface area contributed by atoms with Crippen molar-refractivity contribution in [2.75, 3.05) is 11.9 Å². The Morgan fingerprint density at radius 2 is 2.18 bits per heavy atom. The molecule has 0 aliphatic carbocycles. The number of hydrogen-bond donors (Lipinski definition) is 2. The van der Waals surface area contributed by atoms with Crippen LogP contribution in [0.25, 0.3) is 10.9 Å². The molecule has 5 rings (SSSR count). The highest BCUT2D eigenvalue weighted by Crippen LogP contribution is 2.27. The Balaban J connectivity index is 1.44. The lowest BCUT2D eigenvalue weighted by atomic mass is 10.1. The van der Waals surface area contributed by atoms with E-state index >= 15 is 0 Å². The molecule has 2 aromatic carbocycles. The van der Waals surface area contributed by atoms with Crippen molar-refractivity contribution >= 4 is 34.1 Å². The molecule has 0 bridgehead atoms. The highest BCUT2D eigenvalue weighted by Gasteiger charge is 2.20. The third-order valence-corrected chi connectivity index (χ3v) is 5.69. The number of halogens is 1. The van der Waals surface area contributed by atoms with Crippen molar-refractivity contribution in [1.82, 2.24) is 15.1 Å². The van der Waals surface area contributed by atoms with Gasteiger partial charge in [0.05, 0.1) is 29.9 Å². The predicted octanol–water partition coefficient (Wildman–Crippen LogP) is 3.72. The van der Waals surface area contributed by atoms with Gasteiger partial charge in [-0.25, -0.2) is 0 Å². The van der Waals surface area contributed by atoms with Crippen molar-refractivity contribution in [3.63, 3.8) is 0 Å². The maximum absolute atomic E-state index is 13.0. The summed E-state index contributed by atoms with van der Waals surface area (Å²) in [6, 6.07) is 9.57. The van der Waals surface area contributed by atoms with Gasteiger partial charge >= 0.3 is 0 Å². The number of amides is 1. The van der Waals surface area contributed by atoms with Gasteiger partial charge in [0.25, 0.3) is 5.91 Å². The summed E-state index contributed by atoms with van der Waals surface area (Å²) >= 11 is 6.33. The second-order valence-electron chi connectivity index (χ2n) is 7.39. The second-order valence-corrected chi connectivity index (χ2v) is 7.83. The minimum atomic E-state index is -0.185. The standard InChI is InChI=1S/C21H21ClN4O2/c22-15-7-18(21(27)25-16-4-3-13-9-23-10-14(13)6-16)19-11-24-26(20(19)8-15)12-17-2-1-5-28-17/h3-4,6-8,11,17,23H,1-2,5,9-10,12H2,(H,25,27)/t17-/m1/s1. The van der Waals surface area contributed by atoms with Gasteiger partial charge in [0.15, 0.2) is 0 Å². The molecule has 0 radical (unpaired) electrons. The van der Waals surface area contributed by atoms with E-state index in [1.54, 1.807) is 12.3 Å². The first-order valence-corrected chi connectivity index (χ1v) is 9.96. The number of nitrogens with one attached hydrogen (secondary N) is 2. The number of benzene rings is 2. The summed E-state index contributed by atoms with van der Waals surface area (Å²) < 4.78 is 7.60. The molecule has 0 saturated carbocycles. The number of rotatable bonds is 4. The van der Waals surface area contributed by atoms with Crippen molar-refractivity contribution in [3.05, 3.63) is 58.2 Å². The molecule has 144 valence electrons. The molecule has 1 amide bonds. The van der Waals surface area contributed by atoms with Crippen molar-refractivity contribution in [1.29, 1.82) is 0 Å². The van der Waals surface area contributed by atoms with Gasteiger partial charge in [-0.1, -0.05) is 17.7 Å². The van der Waals surface area contributed by atoms with E-state index in [4.69, 9.17) is 16.3 Å². The average molecular weight is 397 g/mol. The van der Waals surface area contributed by atoms with E-state index in [2.05, 4.69) is 21.8 Å². The second kappa shape index (κ2) is 7.20. The molecule has 2 N–H and O–H groups in total. The summed E-state index contributed by atoms with van der Waals surface area (Å²) in [5, 5.41) is 12.1. The molecule has 1 aromatic heterocycles. The third-order valence-electron chi connectivity index (χ3n) is 5.47. The van der Waals surface area contributed by atoms with Gasteiger partial charge in [0, 0.05) is 35.8 Å². The zero-order chi connectivity index (χ0) is 19.1. The monoisotopic (exact) mass is 396 g/mol. The maximum Gasteiger partial charge on any atom is 0.256 e. The third kappa shape index (κ3) is 3.28. The van der Waals surface area contributed by atoms with Gasteiger partial charge in [0.2, 0.25) is 0 Å². The fourth-order valence-corrected chi connectivity index (χ4v) is 4.24. The number of carbonyl (C=O) groups is 1. The molecule has 1 saturated heterocycles. The molecule has 3 heterocycles. The first-order chi connectivity index (χ1) is 13.7. The zero-order valence-electron chi connectivity index (χ0n) is 15.4. The fraction of sp³-hybridized carbons (Fsp3) is 0.333. The lowest BCUT2D eigenvalue weighted by Crippen LogP contribution is -2.16. The fourth-order valence-electron chi connectivity index (χ4n) is 4.03. The Labute approximate surface area is 167 Å². The first kappa shape index (κ1) is 17.7. The Hall–Kier alpha value is -2.41. The molecule has 0 spiro atoms. The first-order valence-electron chi connectivity index (χ1n) is 9.58. The summed E-state index contributed by atoms with van der Waals surface area (Å²) in [6.45, 7) is 3.18. The van der Waals surface area contributed by atoms with E-state index in [1.807, 2.05) is 22.9 Å². The van der Waals surface area contributed by atoms with Gasteiger partial charge in [-0.15, -0.1) is 0 Å². The van der Waals surface area contributed by atoms with Crippen LogP contribution in [0, 0.1) is 0 Å². The zero-order valence-corrected chi connectivity index (χ0v) is 16.1. The van der Waals surface area contributed by atoms with Crippen LogP contribution in [-0.2, 0) is 24.4 Å². The van der Waals surface area contributed by atoms with Crippen LogP contribution < -0.4 is 10.6 Å². The average Bonchev–Trinajstić information content (AvgIpc) is 3.43. The molecule has 3 aromatic rings. The van der Waals surface area contributed by atoms with E-state index in [1.165, 1.54) is 11.1 Å². The highest BCUT2D eigenvalue weighted by atomic mass is 35.5. The summed E-state index contributed by atoms with van der Waals surface area (Å²) in [6.07, 6.45) is 4.01. The molecule has 2 aliphatic rings. The maximum atomic E-state index is 13.0. The van der Waals surface area contributed by atoms with Crippen LogP contribution in [0.3, 0.4) is 0 Å². The Morgan fingerprint density at radius 3 is 3.04 bits per heavy atom. The number of ether oxygens (including phenoxy) is 1. The quantitative estimate of drug-likeness (QED) is 0.705. The Bertz CT molecular complexity index is 1060. The van der Waals surface area contributed by atoms with Gasteiger partial charge in [-0.2, -0.15) is 5.10 Å². The van der Waals surface area contributed by atoms with Crippen molar-refractivity contribution in [3.8, 4) is 0 Å². The SMILES string of the molecule is O=C(Nc1ccc2c(c1)CNC2)c1cc(Cl)cc2c1cnn2C[C@H]1CCCO1. The minimum absolute atomic E-state index is 0.166. The van der Waals surface area contributed by atoms with Gasteiger partial charge in [-0.05, 0) is 48.2 Å². The van der Waals surface area contributed by atoms with E-state index in [-0.39, 0.29) is 12.0 Å². The van der Waals surface area contributed by atoms with Crippen LogP contribution in [0.5, 0.6) is 0 Å². The highest BCUT2D eigenvalue weighted by molar-refractivity contribution is 6.32. The van der Waals surface area contributed by atoms with E-state index in [0.717, 1.165) is 49.1 Å². The summed E-state index contributed by atoms with van der Waals surface area (Å²) in [7, 11) is 0. The van der Waals surface area contributed by atoms with Crippen LogP contribution in [0.1, 0.15) is 34.3 Å². The largest absolute Gasteiger partial charge is 0.376 e. The van der Waals surface area contributed by atoms with Crippen LogP contribution in [0.2, 0.25) is 5.02 Å². The van der Waals surface area contributed by atoms with E-state index in [0.29, 0.717) is 17.1 Å². The Kier molecular flexibility index (Phi) is 4.55. The summed E-state index contributed by atoms with van der Waals surface area (Å²) in [5.41, 5.74) is 4.66. The lowest BCUT2D eigenvalue weighted by Gasteiger charge is -2.11. The molecule has 7 heteroatoms. The summed E-state index contributed by atoms with van der Waals surface area (Å²) in [4.78, 5) is 13.0. The normalized spacial score (nSPS) is 18.5. The predicted molar refractivity (Wildman–Crippen MR) is 109 cm³/mol. The molecule has 6 nitrogen and oxygen atoms in total. The molecule has 0 unspecified atom stereocenters. The van der Waals surface area contributed by atoms with Crippen LogP contribution in [0.15, 0.2) is 36.5 Å². The number of fused-ring (bicyclic) bond motifs is 2. The number of carbonyl (C=O) groups excluding carboxylic acids is 1. The molecular weight excluding hydrogens is 376 g/mol.